The first-order chi connectivity index (χ1) is 12.7. The second kappa shape index (κ2) is 9.27. The first-order valence-corrected chi connectivity index (χ1v) is 10.4. The highest BCUT2D eigenvalue weighted by Gasteiger charge is 2.49. The summed E-state index contributed by atoms with van der Waals surface area (Å²) in [6.45, 7) is 6.15. The van der Waals surface area contributed by atoms with Crippen molar-refractivity contribution in [2.45, 2.75) is 57.5 Å². The maximum absolute atomic E-state index is 12.3. The van der Waals surface area contributed by atoms with E-state index in [9.17, 15) is 19.3 Å². The van der Waals surface area contributed by atoms with Crippen molar-refractivity contribution < 1.29 is 28.4 Å². The van der Waals surface area contributed by atoms with E-state index in [1.54, 1.807) is 13.8 Å². The Hall–Kier alpha value is -1.29. The minimum Gasteiger partial charge on any atom is -0.394 e. The average Bonchev–Trinajstić information content (AvgIpc) is 2.94. The zero-order valence-electron chi connectivity index (χ0n) is 16.0. The molecule has 0 bridgehead atoms. The standard InChI is InChI=1S/C16H27N2O8P/c1-8-6-18(16(21)17-14(8)20)15-13(24-10(3)9(2)23-4)12(26-27(5)22)11(7-19)25-15/h6,9-13,15,19,27H,7H2,1-5H3,(H,17,20,21)/t9-,10-,11-,12?,13?,15-/m1/s1. The maximum Gasteiger partial charge on any atom is 0.330 e. The van der Waals surface area contributed by atoms with E-state index in [4.69, 9.17) is 18.7 Å². The van der Waals surface area contributed by atoms with Crippen molar-refractivity contribution in [1.29, 1.82) is 0 Å². The fraction of sp³-hybridized carbons (Fsp3) is 0.750. The van der Waals surface area contributed by atoms with Crippen LogP contribution in [0.4, 0.5) is 0 Å². The van der Waals surface area contributed by atoms with Gasteiger partial charge in [-0.25, -0.2) is 4.79 Å². The summed E-state index contributed by atoms with van der Waals surface area (Å²) in [6, 6.07) is 0. The summed E-state index contributed by atoms with van der Waals surface area (Å²) in [4.78, 5) is 26.2. The van der Waals surface area contributed by atoms with Crippen LogP contribution in [0, 0.1) is 6.92 Å². The van der Waals surface area contributed by atoms with Crippen LogP contribution in [0.15, 0.2) is 15.8 Å². The molecule has 0 aromatic carbocycles. The summed E-state index contributed by atoms with van der Waals surface area (Å²) in [7, 11) is -0.840. The highest BCUT2D eigenvalue weighted by molar-refractivity contribution is 7.38. The molecule has 0 amide bonds. The lowest BCUT2D eigenvalue weighted by Gasteiger charge is -2.29. The van der Waals surface area contributed by atoms with Crippen molar-refractivity contribution in [3.8, 4) is 0 Å². The summed E-state index contributed by atoms with van der Waals surface area (Å²) < 4.78 is 35.5. The highest BCUT2D eigenvalue weighted by atomic mass is 31.1. The van der Waals surface area contributed by atoms with E-state index in [0.717, 1.165) is 0 Å². The van der Waals surface area contributed by atoms with Gasteiger partial charge in [-0.2, -0.15) is 0 Å². The van der Waals surface area contributed by atoms with E-state index in [1.807, 2.05) is 6.92 Å². The highest BCUT2D eigenvalue weighted by Crippen LogP contribution is 2.38. The molecule has 1 fully saturated rings. The molecule has 0 spiro atoms. The fourth-order valence-electron chi connectivity index (χ4n) is 2.88. The predicted octanol–water partition coefficient (Wildman–Crippen LogP) is 0.0330. The molecule has 0 radical (unpaired) electrons. The molecule has 3 unspecified atom stereocenters. The Labute approximate surface area is 157 Å². The number of methoxy groups -OCH3 is 1. The third-order valence-electron chi connectivity index (χ3n) is 4.59. The Balaban J connectivity index is 2.46. The molecular formula is C16H27N2O8P. The number of aryl methyl sites for hydroxylation is 1. The van der Waals surface area contributed by atoms with Crippen molar-refractivity contribution in [2.75, 3.05) is 20.4 Å². The third-order valence-corrected chi connectivity index (χ3v) is 5.20. The Morgan fingerprint density at radius 3 is 2.56 bits per heavy atom. The molecule has 7 atom stereocenters. The molecule has 1 aromatic heterocycles. The van der Waals surface area contributed by atoms with Crippen LogP contribution in [0.25, 0.3) is 0 Å². The normalized spacial score (nSPS) is 28.8. The number of H-pyrrole nitrogens is 1. The van der Waals surface area contributed by atoms with Gasteiger partial charge in [-0.15, -0.1) is 0 Å². The zero-order valence-corrected chi connectivity index (χ0v) is 17.0. The molecule has 2 N–H and O–H groups in total. The van der Waals surface area contributed by atoms with Gasteiger partial charge >= 0.3 is 5.69 Å². The van der Waals surface area contributed by atoms with Gasteiger partial charge in [0.25, 0.3) is 5.56 Å². The number of aliphatic hydroxyl groups is 1. The lowest BCUT2D eigenvalue weighted by molar-refractivity contribution is -0.127. The van der Waals surface area contributed by atoms with Crippen LogP contribution in [0.1, 0.15) is 25.6 Å². The minimum absolute atomic E-state index is 0.271. The number of rotatable bonds is 8. The summed E-state index contributed by atoms with van der Waals surface area (Å²) in [5.41, 5.74) is -0.874. The van der Waals surface area contributed by atoms with Crippen molar-refractivity contribution in [3.63, 3.8) is 0 Å². The third kappa shape index (κ3) is 4.96. The molecule has 2 rings (SSSR count). The van der Waals surface area contributed by atoms with Gasteiger partial charge in [0.15, 0.2) is 14.3 Å². The number of ether oxygens (including phenoxy) is 3. The second-order valence-electron chi connectivity index (χ2n) is 6.55. The summed E-state index contributed by atoms with van der Waals surface area (Å²) >= 11 is 0. The van der Waals surface area contributed by atoms with Crippen LogP contribution in [0.5, 0.6) is 0 Å². The fourth-order valence-corrected chi connectivity index (χ4v) is 3.55. The van der Waals surface area contributed by atoms with Crippen LogP contribution in [0.2, 0.25) is 0 Å². The number of aliphatic hydroxyl groups excluding tert-OH is 1. The smallest absolute Gasteiger partial charge is 0.330 e. The van der Waals surface area contributed by atoms with Crippen molar-refractivity contribution in [3.05, 3.63) is 32.6 Å². The molecular weight excluding hydrogens is 379 g/mol. The first kappa shape index (κ1) is 22.0. The Morgan fingerprint density at radius 1 is 1.33 bits per heavy atom. The number of hydrogen-bond donors (Lipinski definition) is 2. The monoisotopic (exact) mass is 406 g/mol. The van der Waals surface area contributed by atoms with Gasteiger partial charge in [0.05, 0.1) is 18.8 Å². The molecule has 27 heavy (non-hydrogen) atoms. The first-order valence-electron chi connectivity index (χ1n) is 8.63. The molecule has 0 aliphatic carbocycles. The topological polar surface area (TPSA) is 129 Å². The van der Waals surface area contributed by atoms with Crippen LogP contribution in [-0.2, 0) is 23.3 Å². The van der Waals surface area contributed by atoms with E-state index >= 15 is 0 Å². The van der Waals surface area contributed by atoms with Crippen molar-refractivity contribution >= 4 is 8.03 Å². The van der Waals surface area contributed by atoms with Crippen LogP contribution >= 0.6 is 8.03 Å². The van der Waals surface area contributed by atoms with Crippen LogP contribution in [-0.4, -0.2) is 65.6 Å². The van der Waals surface area contributed by atoms with E-state index in [2.05, 4.69) is 4.98 Å². The van der Waals surface area contributed by atoms with E-state index in [-0.39, 0.29) is 6.10 Å². The lowest BCUT2D eigenvalue weighted by Crippen LogP contribution is -2.43. The van der Waals surface area contributed by atoms with Gasteiger partial charge in [-0.05, 0) is 20.8 Å². The van der Waals surface area contributed by atoms with E-state index < -0.39 is 56.5 Å². The van der Waals surface area contributed by atoms with Crippen molar-refractivity contribution in [2.24, 2.45) is 0 Å². The summed E-state index contributed by atoms with van der Waals surface area (Å²) in [6.07, 6.45) is -2.87. The molecule has 10 nitrogen and oxygen atoms in total. The molecule has 154 valence electrons. The molecule has 2 heterocycles. The Kier molecular flexibility index (Phi) is 7.55. The zero-order chi connectivity index (χ0) is 20.3. The quantitative estimate of drug-likeness (QED) is 0.579. The SMILES string of the molecule is CO[C@H](C)[C@@H](C)OC1C(O[PH](C)=O)[C@@H](CO)O[C@H]1n1cc(C)c(=O)[nH]c1=O. The molecule has 1 aliphatic rings. The maximum atomic E-state index is 12.3. The predicted molar refractivity (Wildman–Crippen MR) is 97.7 cm³/mol. The van der Waals surface area contributed by atoms with E-state index in [0.29, 0.717) is 5.56 Å². The summed E-state index contributed by atoms with van der Waals surface area (Å²) in [5, 5.41) is 9.67. The average molecular weight is 406 g/mol. The van der Waals surface area contributed by atoms with Gasteiger partial charge in [0.1, 0.15) is 18.3 Å². The molecule has 1 aromatic rings. The molecule has 0 saturated carbocycles. The number of nitrogens with one attached hydrogen (secondary N) is 1. The number of hydrogen-bond acceptors (Lipinski definition) is 8. The van der Waals surface area contributed by atoms with Crippen LogP contribution in [0.3, 0.4) is 0 Å². The number of aromatic nitrogens is 2. The lowest BCUT2D eigenvalue weighted by atomic mass is 10.1. The molecule has 1 saturated heterocycles. The minimum atomic E-state index is -2.38. The van der Waals surface area contributed by atoms with E-state index in [1.165, 1.54) is 24.5 Å². The Morgan fingerprint density at radius 2 is 2.00 bits per heavy atom. The van der Waals surface area contributed by atoms with Gasteiger partial charge in [0.2, 0.25) is 0 Å². The second-order valence-corrected chi connectivity index (χ2v) is 7.77. The molecule has 1 aliphatic heterocycles. The van der Waals surface area contributed by atoms with Gasteiger partial charge in [-0.1, -0.05) is 0 Å². The number of aromatic amines is 1. The summed E-state index contributed by atoms with van der Waals surface area (Å²) in [5.74, 6) is 0. The molecule has 11 heteroatoms. The van der Waals surface area contributed by atoms with Gasteiger partial charge in [-0.3, -0.25) is 18.9 Å². The largest absolute Gasteiger partial charge is 0.394 e. The van der Waals surface area contributed by atoms with Crippen molar-refractivity contribution in [1.82, 2.24) is 9.55 Å². The van der Waals surface area contributed by atoms with Gasteiger partial charge in [0, 0.05) is 25.5 Å². The van der Waals surface area contributed by atoms with Gasteiger partial charge < -0.3 is 23.8 Å². The van der Waals surface area contributed by atoms with Crippen LogP contribution < -0.4 is 11.2 Å². The number of nitrogens with zero attached hydrogens (tertiary/aromatic N) is 1. The Bertz CT molecular complexity index is 778.